The number of carboxylic acid groups (broad SMARTS) is 2. The summed E-state index contributed by atoms with van der Waals surface area (Å²) in [6.45, 7) is 17.5. The second-order valence-electron chi connectivity index (χ2n) is 16.4. The molecule has 4 fully saturated rings. The lowest BCUT2D eigenvalue weighted by molar-refractivity contribution is -0.216. The van der Waals surface area contributed by atoms with E-state index >= 15 is 0 Å². The highest BCUT2D eigenvalue weighted by Crippen LogP contribution is 2.76. The quantitative estimate of drug-likeness (QED) is 0.243. The van der Waals surface area contributed by atoms with E-state index in [1.165, 1.54) is 31.3 Å². The second-order valence-corrected chi connectivity index (χ2v) is 16.4. The number of hydrogen-bond donors (Lipinski definition) is 4. The number of rotatable bonds is 5. The van der Waals surface area contributed by atoms with Gasteiger partial charge in [0, 0.05) is 5.54 Å². The summed E-state index contributed by atoms with van der Waals surface area (Å²) in [5, 5.41) is 24.3. The summed E-state index contributed by atoms with van der Waals surface area (Å²) < 4.78 is 0. The molecule has 0 spiro atoms. The molecule has 0 saturated heterocycles. The number of hydrogen-bond acceptors (Lipinski definition) is 3. The molecule has 6 rings (SSSR count). The van der Waals surface area contributed by atoms with E-state index in [-0.39, 0.29) is 39.8 Å². The van der Waals surface area contributed by atoms with E-state index < -0.39 is 11.9 Å². The minimum atomic E-state index is -1.02. The molecule has 7 unspecified atom stereocenters. The molecule has 5 aliphatic carbocycles. The molecule has 5 aliphatic rings. The Morgan fingerprint density at radius 1 is 0.870 bits per heavy atom. The molecule has 46 heavy (non-hydrogen) atoms. The number of urea groups is 1. The van der Waals surface area contributed by atoms with Crippen LogP contribution >= 0.6 is 0 Å². The van der Waals surface area contributed by atoms with Gasteiger partial charge in [0.2, 0.25) is 0 Å². The summed E-state index contributed by atoms with van der Waals surface area (Å²) in [5.41, 5.74) is 3.19. The van der Waals surface area contributed by atoms with Crippen LogP contribution in [-0.2, 0) is 4.79 Å². The number of carboxylic acids is 2. The SMILES string of the molecule is C=CC.CC1(C)C(c2ccc(C(=O)O)cc2)=CCC2(C)C1CCC1(C)C2CCC2C3CCCC3(NC(=O)NCC(=O)O)CC[C@]21C. The van der Waals surface area contributed by atoms with Gasteiger partial charge in [-0.1, -0.05) is 65.3 Å². The van der Waals surface area contributed by atoms with Crippen LogP contribution in [0.4, 0.5) is 4.79 Å². The van der Waals surface area contributed by atoms with Crippen LogP contribution in [0.25, 0.3) is 5.57 Å². The summed E-state index contributed by atoms with van der Waals surface area (Å²) in [6.07, 6.45) is 15.4. The Bertz CT molecular complexity index is 1400. The van der Waals surface area contributed by atoms with Gasteiger partial charge in [-0.05, 0) is 133 Å². The van der Waals surface area contributed by atoms with Crippen LogP contribution < -0.4 is 10.6 Å². The Labute approximate surface area is 275 Å². The van der Waals surface area contributed by atoms with Gasteiger partial charge >= 0.3 is 18.0 Å². The molecule has 1 aromatic rings. The van der Waals surface area contributed by atoms with E-state index in [1.807, 2.05) is 19.1 Å². The molecule has 0 heterocycles. The summed E-state index contributed by atoms with van der Waals surface area (Å²) in [5.74, 6) is 0.250. The summed E-state index contributed by atoms with van der Waals surface area (Å²) in [4.78, 5) is 35.3. The first-order chi connectivity index (χ1) is 21.6. The van der Waals surface area contributed by atoms with Gasteiger partial charge in [0.1, 0.15) is 6.54 Å². The van der Waals surface area contributed by atoms with Gasteiger partial charge in [-0.15, -0.1) is 6.58 Å². The Kier molecular flexibility index (Phi) is 9.06. The number of benzene rings is 1. The smallest absolute Gasteiger partial charge is 0.335 e. The molecule has 8 atom stereocenters. The maximum absolute atomic E-state index is 12.8. The van der Waals surface area contributed by atoms with Gasteiger partial charge in [0.15, 0.2) is 0 Å². The van der Waals surface area contributed by atoms with Crippen molar-refractivity contribution in [3.05, 3.63) is 54.1 Å². The summed E-state index contributed by atoms with van der Waals surface area (Å²) in [7, 11) is 0. The fourth-order valence-electron chi connectivity index (χ4n) is 12.1. The van der Waals surface area contributed by atoms with Crippen molar-refractivity contribution in [2.24, 2.45) is 45.3 Å². The molecule has 0 bridgehead atoms. The minimum Gasteiger partial charge on any atom is -0.480 e. The van der Waals surface area contributed by atoms with Crippen molar-refractivity contribution < 1.29 is 24.6 Å². The predicted octanol–water partition coefficient (Wildman–Crippen LogP) is 8.56. The highest BCUT2D eigenvalue weighted by Gasteiger charge is 2.69. The third-order valence-electron chi connectivity index (χ3n) is 14.1. The Morgan fingerprint density at radius 3 is 2.17 bits per heavy atom. The minimum absolute atomic E-state index is 0.0166. The highest BCUT2D eigenvalue weighted by molar-refractivity contribution is 5.88. The van der Waals surface area contributed by atoms with Crippen molar-refractivity contribution in [1.29, 1.82) is 0 Å². The largest absolute Gasteiger partial charge is 0.480 e. The van der Waals surface area contributed by atoms with Gasteiger partial charge in [0.05, 0.1) is 5.56 Å². The number of aromatic carboxylic acids is 1. The summed E-state index contributed by atoms with van der Waals surface area (Å²) >= 11 is 0. The van der Waals surface area contributed by atoms with Crippen molar-refractivity contribution in [2.45, 2.75) is 111 Å². The van der Waals surface area contributed by atoms with Crippen LogP contribution in [0.1, 0.15) is 122 Å². The van der Waals surface area contributed by atoms with E-state index in [1.54, 1.807) is 18.2 Å². The lowest BCUT2D eigenvalue weighted by Gasteiger charge is -2.72. The van der Waals surface area contributed by atoms with Crippen molar-refractivity contribution in [2.75, 3.05) is 6.54 Å². The number of nitrogens with one attached hydrogen (secondary N) is 2. The number of carbonyl (C=O) groups excluding carboxylic acids is 1. The van der Waals surface area contributed by atoms with E-state index in [0.29, 0.717) is 29.2 Å². The zero-order valence-corrected chi connectivity index (χ0v) is 28.9. The number of carbonyl (C=O) groups is 3. The van der Waals surface area contributed by atoms with Crippen LogP contribution in [0.15, 0.2) is 43.0 Å². The van der Waals surface area contributed by atoms with Gasteiger partial charge in [-0.3, -0.25) is 4.79 Å². The van der Waals surface area contributed by atoms with Crippen molar-refractivity contribution in [3.63, 3.8) is 0 Å². The molecule has 2 amide bonds. The number of allylic oxidation sites excluding steroid dienone is 3. The van der Waals surface area contributed by atoms with E-state index in [2.05, 4.69) is 57.9 Å². The van der Waals surface area contributed by atoms with Gasteiger partial charge in [-0.25, -0.2) is 9.59 Å². The molecule has 1 aromatic carbocycles. The Balaban J connectivity index is 0.00000134. The fraction of sp³-hybridized carbons (Fsp3) is 0.667. The maximum atomic E-state index is 12.8. The van der Waals surface area contributed by atoms with Crippen molar-refractivity contribution in [3.8, 4) is 0 Å². The molecular weight excluding hydrogens is 576 g/mol. The van der Waals surface area contributed by atoms with E-state index in [4.69, 9.17) is 5.11 Å². The van der Waals surface area contributed by atoms with Crippen LogP contribution in [0, 0.1) is 45.3 Å². The van der Waals surface area contributed by atoms with E-state index in [9.17, 15) is 19.5 Å². The molecule has 7 nitrogen and oxygen atoms in total. The van der Waals surface area contributed by atoms with Crippen molar-refractivity contribution in [1.82, 2.24) is 10.6 Å². The van der Waals surface area contributed by atoms with Crippen LogP contribution in [0.2, 0.25) is 0 Å². The normalized spacial score (nSPS) is 38.6. The predicted molar refractivity (Wildman–Crippen MR) is 182 cm³/mol. The first-order valence-electron chi connectivity index (χ1n) is 17.5. The number of amides is 2. The third kappa shape index (κ3) is 5.30. The average molecular weight is 633 g/mol. The Morgan fingerprint density at radius 2 is 1.54 bits per heavy atom. The average Bonchev–Trinajstić information content (AvgIpc) is 3.40. The van der Waals surface area contributed by atoms with Crippen LogP contribution in [-0.4, -0.2) is 40.3 Å². The number of fused-ring (bicyclic) bond motifs is 7. The lowest BCUT2D eigenvalue weighted by Crippen LogP contribution is -2.68. The molecule has 4 saturated carbocycles. The number of aliphatic carboxylic acids is 1. The van der Waals surface area contributed by atoms with E-state index in [0.717, 1.165) is 44.1 Å². The fourth-order valence-corrected chi connectivity index (χ4v) is 12.1. The molecule has 7 heteroatoms. The topological polar surface area (TPSA) is 116 Å². The van der Waals surface area contributed by atoms with Crippen LogP contribution in [0.5, 0.6) is 0 Å². The first kappa shape index (κ1) is 34.3. The highest BCUT2D eigenvalue weighted by atomic mass is 16.4. The zero-order chi connectivity index (χ0) is 33.7. The molecule has 0 aliphatic heterocycles. The van der Waals surface area contributed by atoms with Crippen molar-refractivity contribution >= 4 is 23.5 Å². The third-order valence-corrected chi connectivity index (χ3v) is 14.1. The molecular formula is C39H56N2O5. The zero-order valence-electron chi connectivity index (χ0n) is 28.9. The molecule has 0 aromatic heterocycles. The lowest BCUT2D eigenvalue weighted by atomic mass is 9.33. The molecule has 4 N–H and O–H groups in total. The molecule has 252 valence electrons. The van der Waals surface area contributed by atoms with Gasteiger partial charge in [-0.2, -0.15) is 0 Å². The van der Waals surface area contributed by atoms with Gasteiger partial charge < -0.3 is 20.8 Å². The van der Waals surface area contributed by atoms with Crippen LogP contribution in [0.3, 0.4) is 0 Å². The second kappa shape index (κ2) is 12.2. The first-order valence-corrected chi connectivity index (χ1v) is 17.5. The maximum Gasteiger partial charge on any atom is 0.335 e. The Hall–Kier alpha value is -3.09. The monoisotopic (exact) mass is 632 g/mol. The summed E-state index contributed by atoms with van der Waals surface area (Å²) in [6, 6.07) is 7.11. The standard InChI is InChI=1S/C36H50N2O5.C3H6/c1-32(2)24(22-8-10-23(11-9-22)30(41)42)14-17-33(3)27(32)15-18-35(5)28(33)13-12-25-26-7-6-16-36(26,20-19-34(25,35)4)38-31(43)37-21-29(39)40;1-3-2/h8-11,14,25-28H,6-7,12-13,15-21H2,1-5H3,(H,39,40)(H,41,42)(H2,37,38,43);3H,1H2,2H3/t25?,26?,27?,28?,33?,34-,35?,36?;/m1./s1. The van der Waals surface area contributed by atoms with Gasteiger partial charge in [0.25, 0.3) is 0 Å². The molecule has 0 radical (unpaired) electrons.